The quantitative estimate of drug-likeness (QED) is 0.137. The first kappa shape index (κ1) is 29.9. The average Bonchev–Trinajstić information content (AvgIpc) is 3.72. The van der Waals surface area contributed by atoms with Crippen LogP contribution in [0.15, 0.2) is 73.3 Å². The second-order valence-corrected chi connectivity index (χ2v) is 10.5. The van der Waals surface area contributed by atoms with E-state index in [1.54, 1.807) is 10.9 Å². The Hall–Kier alpha value is -5.14. The smallest absolute Gasteiger partial charge is 0.303 e. The lowest BCUT2D eigenvalue weighted by Gasteiger charge is -2.23. The molecule has 1 aliphatic heterocycles. The second-order valence-electron chi connectivity index (χ2n) is 10.2. The lowest BCUT2D eigenvalue weighted by Crippen LogP contribution is -2.40. The van der Waals surface area contributed by atoms with Gasteiger partial charge in [0, 0.05) is 31.9 Å². The molecule has 0 amide bonds. The number of esters is 3. The number of benzene rings is 2. The number of imidazole rings is 2. The molecule has 0 bridgehead atoms. The number of hydrogen-bond acceptors (Lipinski definition) is 11. The second kappa shape index (κ2) is 12.5. The van der Waals surface area contributed by atoms with E-state index >= 15 is 0 Å². The van der Waals surface area contributed by atoms with Gasteiger partial charge in [0.1, 0.15) is 19.0 Å². The van der Waals surface area contributed by atoms with Crippen LogP contribution in [0.5, 0.6) is 0 Å². The summed E-state index contributed by atoms with van der Waals surface area (Å²) in [6.45, 7) is 3.42. The lowest BCUT2D eigenvalue weighted by molar-refractivity contribution is -0.166. The summed E-state index contributed by atoms with van der Waals surface area (Å²) < 4.78 is 25.8. The van der Waals surface area contributed by atoms with Crippen molar-refractivity contribution in [3.8, 4) is 28.3 Å². The number of halogens is 1. The van der Waals surface area contributed by atoms with Gasteiger partial charge in [-0.2, -0.15) is 9.97 Å². The summed E-state index contributed by atoms with van der Waals surface area (Å²) in [5, 5.41) is -0.0942. The van der Waals surface area contributed by atoms with Gasteiger partial charge < -0.3 is 18.9 Å². The van der Waals surface area contributed by atoms with Gasteiger partial charge in [-0.3, -0.25) is 23.5 Å². The Labute approximate surface area is 261 Å². The predicted octanol–water partition coefficient (Wildman–Crippen LogP) is 4.32. The number of rotatable bonds is 8. The topological polar surface area (TPSA) is 150 Å². The molecule has 5 aromatic rings. The summed E-state index contributed by atoms with van der Waals surface area (Å²) in [7, 11) is 0. The van der Waals surface area contributed by atoms with Gasteiger partial charge in [-0.05, 0) is 11.6 Å². The molecule has 4 heterocycles. The zero-order valence-electron chi connectivity index (χ0n) is 24.4. The molecule has 1 fully saturated rings. The molecule has 14 heteroatoms. The standard InChI is InChI=1S/C31H27ClN6O7/c1-17(39)42-14-22-26(43-18(2)40)27(44-19(3)41)30(45-22)38-16-34-24-28(35-31(32)36-29(24)38)37-15-33-23(20-10-6-4-7-11-20)25(37)21-12-8-5-9-13-21/h4-13,15-16,22,26-27,30H,14H2,1-3H3/t22-,26-,27-,30-/m1/s1. The molecule has 0 unspecified atom stereocenters. The van der Waals surface area contributed by atoms with E-state index in [0.29, 0.717) is 11.3 Å². The molecule has 0 radical (unpaired) electrons. The van der Waals surface area contributed by atoms with Crippen LogP contribution in [-0.2, 0) is 33.3 Å². The van der Waals surface area contributed by atoms with Crippen molar-refractivity contribution >= 4 is 40.7 Å². The van der Waals surface area contributed by atoms with Gasteiger partial charge in [-0.1, -0.05) is 60.7 Å². The molecule has 2 aromatic carbocycles. The molecule has 13 nitrogen and oxygen atoms in total. The van der Waals surface area contributed by atoms with Crippen LogP contribution in [0.4, 0.5) is 0 Å². The van der Waals surface area contributed by atoms with E-state index in [4.69, 9.17) is 35.5 Å². The van der Waals surface area contributed by atoms with E-state index < -0.39 is 42.4 Å². The minimum absolute atomic E-state index is 0.0942. The third-order valence-corrected chi connectivity index (χ3v) is 7.25. The summed E-state index contributed by atoms with van der Waals surface area (Å²) >= 11 is 6.51. The molecule has 6 rings (SSSR count). The largest absolute Gasteiger partial charge is 0.463 e. The maximum absolute atomic E-state index is 12.2. The molecule has 4 atom stereocenters. The van der Waals surface area contributed by atoms with Crippen LogP contribution in [0.1, 0.15) is 27.0 Å². The van der Waals surface area contributed by atoms with Crippen molar-refractivity contribution < 1.29 is 33.3 Å². The fourth-order valence-corrected chi connectivity index (χ4v) is 5.49. The Morgan fingerprint density at radius 3 is 2.11 bits per heavy atom. The zero-order valence-corrected chi connectivity index (χ0v) is 25.1. The van der Waals surface area contributed by atoms with Crippen LogP contribution in [0.3, 0.4) is 0 Å². The first-order valence-corrected chi connectivity index (χ1v) is 14.3. The number of aromatic nitrogens is 6. The minimum atomic E-state index is -1.14. The van der Waals surface area contributed by atoms with Crippen molar-refractivity contribution in [2.24, 2.45) is 0 Å². The summed E-state index contributed by atoms with van der Waals surface area (Å²) in [5.74, 6) is -1.50. The molecule has 3 aromatic heterocycles. The van der Waals surface area contributed by atoms with Gasteiger partial charge in [0.2, 0.25) is 5.28 Å². The predicted molar refractivity (Wildman–Crippen MR) is 160 cm³/mol. The highest BCUT2D eigenvalue weighted by molar-refractivity contribution is 6.28. The van der Waals surface area contributed by atoms with Crippen molar-refractivity contribution in [2.45, 2.75) is 45.3 Å². The van der Waals surface area contributed by atoms with Crippen molar-refractivity contribution in [3.05, 3.63) is 78.6 Å². The van der Waals surface area contributed by atoms with E-state index in [-0.39, 0.29) is 17.5 Å². The zero-order chi connectivity index (χ0) is 31.7. The number of carbonyl (C=O) groups excluding carboxylic acids is 3. The molecule has 0 N–H and O–H groups in total. The van der Waals surface area contributed by atoms with E-state index in [1.807, 2.05) is 60.7 Å². The van der Waals surface area contributed by atoms with Crippen LogP contribution in [0.25, 0.3) is 39.5 Å². The fourth-order valence-electron chi connectivity index (χ4n) is 5.33. The van der Waals surface area contributed by atoms with Gasteiger partial charge >= 0.3 is 17.9 Å². The Balaban J connectivity index is 1.49. The SMILES string of the molecule is CC(=O)OC[C@H]1O[C@@H](n2cnc3c(-n4cnc(-c5ccccc5)c4-c4ccccc4)nc(Cl)nc32)[C@H](OC(C)=O)[C@@H]1OC(C)=O. The van der Waals surface area contributed by atoms with Crippen LogP contribution < -0.4 is 0 Å². The fraction of sp³-hybridized carbons (Fsp3) is 0.258. The summed E-state index contributed by atoms with van der Waals surface area (Å²) in [6, 6.07) is 19.4. The third kappa shape index (κ3) is 5.99. The number of ether oxygens (including phenoxy) is 4. The Bertz CT molecular complexity index is 1880. The molecule has 230 valence electrons. The highest BCUT2D eigenvalue weighted by Gasteiger charge is 2.51. The molecule has 0 spiro atoms. The van der Waals surface area contributed by atoms with Crippen LogP contribution in [0.2, 0.25) is 5.28 Å². The third-order valence-electron chi connectivity index (χ3n) is 7.08. The van der Waals surface area contributed by atoms with Gasteiger partial charge in [-0.25, -0.2) is 9.97 Å². The van der Waals surface area contributed by atoms with E-state index in [2.05, 4.69) is 15.0 Å². The van der Waals surface area contributed by atoms with Gasteiger partial charge in [0.05, 0.1) is 17.7 Å². The van der Waals surface area contributed by atoms with Crippen molar-refractivity contribution in [3.63, 3.8) is 0 Å². The van der Waals surface area contributed by atoms with Gasteiger partial charge in [-0.15, -0.1) is 0 Å². The highest BCUT2D eigenvalue weighted by Crippen LogP contribution is 2.38. The van der Waals surface area contributed by atoms with Crippen molar-refractivity contribution in [1.29, 1.82) is 0 Å². The lowest BCUT2D eigenvalue weighted by atomic mass is 10.0. The first-order valence-electron chi connectivity index (χ1n) is 13.9. The number of carbonyl (C=O) groups is 3. The molecule has 0 aliphatic carbocycles. The summed E-state index contributed by atoms with van der Waals surface area (Å²) in [4.78, 5) is 54.1. The molecule has 45 heavy (non-hydrogen) atoms. The first-order chi connectivity index (χ1) is 21.7. The van der Waals surface area contributed by atoms with Gasteiger partial charge in [0.25, 0.3) is 0 Å². The molecular weight excluding hydrogens is 604 g/mol. The maximum Gasteiger partial charge on any atom is 0.303 e. The minimum Gasteiger partial charge on any atom is -0.463 e. The van der Waals surface area contributed by atoms with E-state index in [1.165, 1.54) is 31.7 Å². The average molecular weight is 631 g/mol. The summed E-state index contributed by atoms with van der Waals surface area (Å²) in [5.41, 5.74) is 3.83. The number of fused-ring (bicyclic) bond motifs is 1. The van der Waals surface area contributed by atoms with E-state index in [0.717, 1.165) is 22.5 Å². The monoisotopic (exact) mass is 630 g/mol. The normalized spacial score (nSPS) is 19.4. The Morgan fingerprint density at radius 1 is 0.822 bits per heavy atom. The Kier molecular flexibility index (Phi) is 8.28. The van der Waals surface area contributed by atoms with Crippen molar-refractivity contribution in [1.82, 2.24) is 29.1 Å². The molecule has 0 saturated carbocycles. The maximum atomic E-state index is 12.2. The van der Waals surface area contributed by atoms with Crippen LogP contribution >= 0.6 is 11.6 Å². The number of hydrogen-bond donors (Lipinski definition) is 0. The van der Waals surface area contributed by atoms with Crippen LogP contribution in [0, 0.1) is 0 Å². The molecule has 1 saturated heterocycles. The van der Waals surface area contributed by atoms with E-state index in [9.17, 15) is 14.4 Å². The summed E-state index contributed by atoms with van der Waals surface area (Å²) in [6.07, 6.45) is -1.21. The molecular formula is C31H27ClN6O7. The highest BCUT2D eigenvalue weighted by atomic mass is 35.5. The molecule has 1 aliphatic rings. The van der Waals surface area contributed by atoms with Crippen LogP contribution in [-0.4, -0.2) is 71.9 Å². The van der Waals surface area contributed by atoms with Gasteiger partial charge in [0.15, 0.2) is 35.4 Å². The number of nitrogens with zero attached hydrogens (tertiary/aromatic N) is 6. The Morgan fingerprint density at radius 2 is 1.47 bits per heavy atom. The van der Waals surface area contributed by atoms with Crippen molar-refractivity contribution in [2.75, 3.05) is 6.61 Å².